The van der Waals surface area contributed by atoms with Crippen LogP contribution < -0.4 is 5.32 Å². The van der Waals surface area contributed by atoms with Crippen LogP contribution in [0.2, 0.25) is 0 Å². The molecule has 1 aliphatic heterocycles. The molecule has 1 fully saturated rings. The van der Waals surface area contributed by atoms with Crippen LogP contribution in [0.5, 0.6) is 0 Å². The van der Waals surface area contributed by atoms with Crippen molar-refractivity contribution in [3.8, 4) is 0 Å². The maximum atomic E-state index is 12.8. The molecule has 1 unspecified atom stereocenters. The average molecular weight is 282 g/mol. The van der Waals surface area contributed by atoms with Gasteiger partial charge in [0.05, 0.1) is 0 Å². The Hall–Kier alpha value is -1.06. The van der Waals surface area contributed by atoms with Gasteiger partial charge in [-0.3, -0.25) is 9.59 Å². The molecule has 0 spiro atoms. The zero-order valence-electron chi connectivity index (χ0n) is 13.9. The Morgan fingerprint density at radius 2 is 1.75 bits per heavy atom. The fourth-order valence-corrected chi connectivity index (χ4v) is 2.65. The van der Waals surface area contributed by atoms with Crippen molar-refractivity contribution in [3.63, 3.8) is 0 Å². The molecule has 20 heavy (non-hydrogen) atoms. The highest BCUT2D eigenvalue weighted by Crippen LogP contribution is 2.27. The third-order valence-corrected chi connectivity index (χ3v) is 3.95. The Labute approximate surface area is 123 Å². The summed E-state index contributed by atoms with van der Waals surface area (Å²) >= 11 is 0. The second kappa shape index (κ2) is 6.15. The van der Waals surface area contributed by atoms with E-state index in [0.29, 0.717) is 0 Å². The van der Waals surface area contributed by atoms with Gasteiger partial charge in [0.25, 0.3) is 0 Å². The van der Waals surface area contributed by atoms with Crippen molar-refractivity contribution in [1.82, 2.24) is 10.2 Å². The molecule has 2 amide bonds. The summed E-state index contributed by atoms with van der Waals surface area (Å²) in [7, 11) is 0. The van der Waals surface area contributed by atoms with Gasteiger partial charge >= 0.3 is 0 Å². The van der Waals surface area contributed by atoms with Gasteiger partial charge in [-0.1, -0.05) is 6.92 Å². The van der Waals surface area contributed by atoms with E-state index in [1.807, 2.05) is 25.7 Å². The summed E-state index contributed by atoms with van der Waals surface area (Å²) in [6.07, 6.45) is 4.23. The molecule has 1 atom stereocenters. The lowest BCUT2D eigenvalue weighted by Crippen LogP contribution is -2.56. The highest BCUT2D eigenvalue weighted by atomic mass is 16.2. The van der Waals surface area contributed by atoms with Gasteiger partial charge in [-0.25, -0.2) is 0 Å². The molecule has 0 aromatic heterocycles. The molecule has 0 saturated carbocycles. The largest absolute Gasteiger partial charge is 0.351 e. The average Bonchev–Trinajstić information content (AvgIpc) is 2.35. The van der Waals surface area contributed by atoms with Crippen LogP contribution in [0.15, 0.2) is 0 Å². The number of nitrogens with zero attached hydrogens (tertiary/aromatic N) is 1. The molecule has 1 aliphatic rings. The summed E-state index contributed by atoms with van der Waals surface area (Å²) in [6.45, 7) is 12.2. The molecule has 1 N–H and O–H groups in total. The maximum Gasteiger partial charge on any atom is 0.237 e. The fourth-order valence-electron chi connectivity index (χ4n) is 2.65. The standard InChI is InChI=1S/C16H30N2O2/c1-7-12-10-8-9-11-18(12)14(20)16(5,6)13(19)17-15(2,3)4/h12H,7-11H2,1-6H3,(H,17,19). The van der Waals surface area contributed by atoms with Crippen molar-refractivity contribution in [3.05, 3.63) is 0 Å². The van der Waals surface area contributed by atoms with Crippen molar-refractivity contribution in [2.45, 2.75) is 78.8 Å². The van der Waals surface area contributed by atoms with E-state index in [1.165, 1.54) is 6.42 Å². The summed E-state index contributed by atoms with van der Waals surface area (Å²) < 4.78 is 0. The Balaban J connectivity index is 2.84. The lowest BCUT2D eigenvalue weighted by atomic mass is 9.86. The normalized spacial score (nSPS) is 20.7. The van der Waals surface area contributed by atoms with Gasteiger partial charge in [0.1, 0.15) is 5.41 Å². The van der Waals surface area contributed by atoms with E-state index in [1.54, 1.807) is 13.8 Å². The second-order valence-corrected chi connectivity index (χ2v) is 7.39. The van der Waals surface area contributed by atoms with E-state index >= 15 is 0 Å². The minimum atomic E-state index is -1.00. The zero-order valence-corrected chi connectivity index (χ0v) is 13.9. The van der Waals surface area contributed by atoms with Crippen molar-refractivity contribution in [1.29, 1.82) is 0 Å². The number of likely N-dealkylation sites (tertiary alicyclic amines) is 1. The highest BCUT2D eigenvalue weighted by molar-refractivity contribution is 6.04. The van der Waals surface area contributed by atoms with Crippen LogP contribution in [0.1, 0.15) is 67.2 Å². The number of nitrogens with one attached hydrogen (secondary N) is 1. The number of hydrogen-bond acceptors (Lipinski definition) is 2. The number of piperidine rings is 1. The predicted octanol–water partition coefficient (Wildman–Crippen LogP) is 2.72. The van der Waals surface area contributed by atoms with Crippen LogP contribution in [0, 0.1) is 5.41 Å². The van der Waals surface area contributed by atoms with Gasteiger partial charge in [0.2, 0.25) is 11.8 Å². The number of carbonyl (C=O) groups is 2. The molecule has 0 bridgehead atoms. The first-order valence-corrected chi connectivity index (χ1v) is 7.73. The molecule has 0 aromatic carbocycles. The highest BCUT2D eigenvalue weighted by Gasteiger charge is 2.42. The molecule has 1 rings (SSSR count). The zero-order chi connectivity index (χ0) is 15.6. The summed E-state index contributed by atoms with van der Waals surface area (Å²) in [5.74, 6) is -0.221. The quantitative estimate of drug-likeness (QED) is 0.809. The Bertz CT molecular complexity index is 369. The van der Waals surface area contributed by atoms with Crippen molar-refractivity contribution in [2.24, 2.45) is 5.41 Å². The monoisotopic (exact) mass is 282 g/mol. The minimum absolute atomic E-state index is 0.0363. The smallest absolute Gasteiger partial charge is 0.237 e. The van der Waals surface area contributed by atoms with Crippen LogP contribution in [-0.4, -0.2) is 34.8 Å². The molecule has 0 aliphatic carbocycles. The first-order chi connectivity index (χ1) is 9.09. The summed E-state index contributed by atoms with van der Waals surface area (Å²) in [4.78, 5) is 27.1. The van der Waals surface area contributed by atoms with E-state index in [0.717, 1.165) is 25.8 Å². The maximum absolute atomic E-state index is 12.8. The number of rotatable bonds is 3. The minimum Gasteiger partial charge on any atom is -0.351 e. The topological polar surface area (TPSA) is 49.4 Å². The van der Waals surface area contributed by atoms with Crippen LogP contribution >= 0.6 is 0 Å². The Kier molecular flexibility index (Phi) is 5.22. The van der Waals surface area contributed by atoms with Gasteiger partial charge in [-0.05, 0) is 60.3 Å². The molecule has 1 saturated heterocycles. The number of carbonyl (C=O) groups excluding carboxylic acids is 2. The number of amides is 2. The molecule has 1 heterocycles. The van der Waals surface area contributed by atoms with E-state index in [-0.39, 0.29) is 23.4 Å². The van der Waals surface area contributed by atoms with E-state index in [2.05, 4.69) is 12.2 Å². The SMILES string of the molecule is CCC1CCCCN1C(=O)C(C)(C)C(=O)NC(C)(C)C. The molecule has 0 aromatic rings. The summed E-state index contributed by atoms with van der Waals surface area (Å²) in [6, 6.07) is 0.290. The first-order valence-electron chi connectivity index (χ1n) is 7.73. The van der Waals surface area contributed by atoms with Crippen LogP contribution in [0.25, 0.3) is 0 Å². The van der Waals surface area contributed by atoms with Gasteiger partial charge in [0, 0.05) is 18.1 Å². The van der Waals surface area contributed by atoms with Crippen LogP contribution in [0.3, 0.4) is 0 Å². The Morgan fingerprint density at radius 1 is 1.15 bits per heavy atom. The first kappa shape index (κ1) is 17.0. The summed E-state index contributed by atoms with van der Waals surface area (Å²) in [5.41, 5.74) is -1.32. The van der Waals surface area contributed by atoms with Gasteiger partial charge in [-0.2, -0.15) is 0 Å². The van der Waals surface area contributed by atoms with Crippen LogP contribution in [0.4, 0.5) is 0 Å². The van der Waals surface area contributed by atoms with Crippen molar-refractivity contribution < 1.29 is 9.59 Å². The molecule has 4 heteroatoms. The molecular formula is C16H30N2O2. The third kappa shape index (κ3) is 3.97. The third-order valence-electron chi connectivity index (χ3n) is 3.95. The van der Waals surface area contributed by atoms with Crippen molar-refractivity contribution >= 4 is 11.8 Å². The lowest BCUT2D eigenvalue weighted by Gasteiger charge is -2.40. The van der Waals surface area contributed by atoms with Crippen LogP contribution in [-0.2, 0) is 9.59 Å². The van der Waals surface area contributed by atoms with Gasteiger partial charge < -0.3 is 10.2 Å². The fraction of sp³-hybridized carbons (Fsp3) is 0.875. The molecule has 0 radical (unpaired) electrons. The Morgan fingerprint density at radius 3 is 2.25 bits per heavy atom. The van der Waals surface area contributed by atoms with Gasteiger partial charge in [0.15, 0.2) is 0 Å². The van der Waals surface area contributed by atoms with E-state index in [4.69, 9.17) is 0 Å². The lowest BCUT2D eigenvalue weighted by molar-refractivity contribution is -0.152. The molecule has 116 valence electrons. The number of hydrogen-bond donors (Lipinski definition) is 1. The van der Waals surface area contributed by atoms with Crippen molar-refractivity contribution in [2.75, 3.05) is 6.54 Å². The predicted molar refractivity (Wildman–Crippen MR) is 81.3 cm³/mol. The van der Waals surface area contributed by atoms with E-state index < -0.39 is 5.41 Å². The molecule has 4 nitrogen and oxygen atoms in total. The van der Waals surface area contributed by atoms with E-state index in [9.17, 15) is 9.59 Å². The summed E-state index contributed by atoms with van der Waals surface area (Å²) in [5, 5.41) is 2.93. The second-order valence-electron chi connectivity index (χ2n) is 7.39. The van der Waals surface area contributed by atoms with Gasteiger partial charge in [-0.15, -0.1) is 0 Å². The molecular weight excluding hydrogens is 252 g/mol.